The summed E-state index contributed by atoms with van der Waals surface area (Å²) in [7, 11) is 0. The zero-order valence-electron chi connectivity index (χ0n) is 9.39. The summed E-state index contributed by atoms with van der Waals surface area (Å²) in [5, 5.41) is 18.5. The fraction of sp³-hybridized carbons (Fsp3) is 0.200. The van der Waals surface area contributed by atoms with E-state index in [0.29, 0.717) is 0 Å². The third kappa shape index (κ3) is 2.95. The molecule has 20 heavy (non-hydrogen) atoms. The highest BCUT2D eigenvalue weighted by Gasteiger charge is 2.29. The Hall–Kier alpha value is -2.39. The summed E-state index contributed by atoms with van der Waals surface area (Å²) in [5.74, 6) is -15.0. The molecule has 0 aliphatic heterocycles. The molecule has 0 heterocycles. The molecule has 0 radical (unpaired) electrons. The number of benzene rings is 1. The molecule has 5 nitrogen and oxygen atoms in total. The molecule has 0 saturated carbocycles. The number of nitrogens with one attached hydrogen (secondary N) is 1. The summed E-state index contributed by atoms with van der Waals surface area (Å²) < 4.78 is 64.9. The van der Waals surface area contributed by atoms with Gasteiger partial charge in [0, 0.05) is 0 Å². The topological polar surface area (TPSA) is 86.6 Å². The van der Waals surface area contributed by atoms with Crippen LogP contribution in [0.5, 0.6) is 0 Å². The van der Waals surface area contributed by atoms with Gasteiger partial charge in [-0.1, -0.05) is 0 Å². The molecule has 0 amide bonds. The zero-order valence-corrected chi connectivity index (χ0v) is 9.39. The molecule has 0 aliphatic rings. The second-order valence-corrected chi connectivity index (χ2v) is 3.58. The van der Waals surface area contributed by atoms with Crippen molar-refractivity contribution in [1.82, 2.24) is 0 Å². The molecule has 0 aromatic heterocycles. The van der Waals surface area contributed by atoms with Crippen molar-refractivity contribution in [2.45, 2.75) is 12.5 Å². The first-order valence-electron chi connectivity index (χ1n) is 4.89. The van der Waals surface area contributed by atoms with Gasteiger partial charge in [0.1, 0.15) is 11.7 Å². The van der Waals surface area contributed by atoms with Crippen LogP contribution in [-0.4, -0.2) is 28.2 Å². The lowest BCUT2D eigenvalue weighted by molar-refractivity contribution is -0.144. The Bertz CT molecular complexity index is 548. The quantitative estimate of drug-likeness (QED) is 0.438. The standard InChI is InChI=1S/C10H6F5NO4/c11-4-5(12)7(14)9(8(15)6(4)13)16-2(10(19)20)1-3(17)18/h2,16H,1H2,(H,17,18)(H,19,20). The smallest absolute Gasteiger partial charge is 0.326 e. The van der Waals surface area contributed by atoms with Crippen LogP contribution in [0.25, 0.3) is 0 Å². The van der Waals surface area contributed by atoms with Crippen LogP contribution in [0.15, 0.2) is 0 Å². The van der Waals surface area contributed by atoms with Gasteiger partial charge in [0.15, 0.2) is 23.3 Å². The maximum absolute atomic E-state index is 13.2. The normalized spacial score (nSPS) is 12.1. The number of hydrogen-bond donors (Lipinski definition) is 3. The van der Waals surface area contributed by atoms with E-state index in [2.05, 4.69) is 0 Å². The molecule has 1 unspecified atom stereocenters. The number of anilines is 1. The van der Waals surface area contributed by atoms with E-state index in [0.717, 1.165) is 0 Å². The fourth-order valence-corrected chi connectivity index (χ4v) is 1.28. The van der Waals surface area contributed by atoms with Crippen LogP contribution in [0.2, 0.25) is 0 Å². The summed E-state index contributed by atoms with van der Waals surface area (Å²) in [4.78, 5) is 21.0. The second-order valence-electron chi connectivity index (χ2n) is 3.58. The lowest BCUT2D eigenvalue weighted by atomic mass is 10.1. The van der Waals surface area contributed by atoms with Gasteiger partial charge in [-0.2, -0.15) is 0 Å². The summed E-state index contributed by atoms with van der Waals surface area (Å²) in [6, 6.07) is -2.07. The van der Waals surface area contributed by atoms with E-state index < -0.39 is 59.2 Å². The van der Waals surface area contributed by atoms with Gasteiger partial charge in [-0.3, -0.25) is 4.79 Å². The minimum Gasteiger partial charge on any atom is -0.481 e. The van der Waals surface area contributed by atoms with Crippen LogP contribution in [0.1, 0.15) is 6.42 Å². The molecule has 1 rings (SSSR count). The number of carboxylic acids is 2. The Morgan fingerprint density at radius 1 is 0.900 bits per heavy atom. The number of hydrogen-bond acceptors (Lipinski definition) is 3. The van der Waals surface area contributed by atoms with E-state index in [1.54, 1.807) is 0 Å². The molecule has 0 spiro atoms. The van der Waals surface area contributed by atoms with Gasteiger partial charge in [-0.25, -0.2) is 26.7 Å². The zero-order chi connectivity index (χ0) is 15.6. The minimum atomic E-state index is -2.41. The average Bonchev–Trinajstić information content (AvgIpc) is 2.37. The van der Waals surface area contributed by atoms with Crippen LogP contribution in [0.3, 0.4) is 0 Å². The van der Waals surface area contributed by atoms with Crippen LogP contribution < -0.4 is 5.32 Å². The maximum atomic E-state index is 13.2. The first kappa shape index (κ1) is 15.7. The third-order valence-electron chi connectivity index (χ3n) is 2.21. The minimum absolute atomic E-state index is 1.13. The number of carbonyl (C=O) groups is 2. The number of aliphatic carboxylic acids is 2. The van der Waals surface area contributed by atoms with Crippen LogP contribution >= 0.6 is 0 Å². The Morgan fingerprint density at radius 3 is 1.65 bits per heavy atom. The van der Waals surface area contributed by atoms with Gasteiger partial charge in [0.2, 0.25) is 5.82 Å². The predicted octanol–water partition coefficient (Wildman–Crippen LogP) is 1.72. The van der Waals surface area contributed by atoms with Gasteiger partial charge in [0.25, 0.3) is 0 Å². The van der Waals surface area contributed by atoms with Gasteiger partial charge in [0.05, 0.1) is 6.42 Å². The van der Waals surface area contributed by atoms with Crippen molar-refractivity contribution in [2.75, 3.05) is 5.32 Å². The second kappa shape index (κ2) is 5.72. The van der Waals surface area contributed by atoms with Crippen LogP contribution in [0, 0.1) is 29.1 Å². The van der Waals surface area contributed by atoms with Crippen molar-refractivity contribution in [3.8, 4) is 0 Å². The first-order chi connectivity index (χ1) is 9.16. The lowest BCUT2D eigenvalue weighted by Crippen LogP contribution is -2.33. The monoisotopic (exact) mass is 299 g/mol. The van der Waals surface area contributed by atoms with Crippen molar-refractivity contribution in [2.24, 2.45) is 0 Å². The fourth-order valence-electron chi connectivity index (χ4n) is 1.28. The van der Waals surface area contributed by atoms with E-state index in [4.69, 9.17) is 10.2 Å². The lowest BCUT2D eigenvalue weighted by Gasteiger charge is -2.15. The Labute approximate surface area is 107 Å². The van der Waals surface area contributed by atoms with E-state index in [-0.39, 0.29) is 0 Å². The molecule has 0 bridgehead atoms. The molecular formula is C10H6F5NO4. The summed E-state index contributed by atoms with van der Waals surface area (Å²) >= 11 is 0. The SMILES string of the molecule is O=C(O)CC(Nc1c(F)c(F)c(F)c(F)c1F)C(=O)O. The number of carboxylic acid groups (broad SMARTS) is 2. The van der Waals surface area contributed by atoms with E-state index in [1.807, 2.05) is 0 Å². The van der Waals surface area contributed by atoms with Gasteiger partial charge >= 0.3 is 11.9 Å². The Morgan fingerprint density at radius 2 is 1.30 bits per heavy atom. The first-order valence-corrected chi connectivity index (χ1v) is 4.89. The Balaban J connectivity index is 3.26. The molecule has 1 aromatic carbocycles. The van der Waals surface area contributed by atoms with Crippen LogP contribution in [-0.2, 0) is 9.59 Å². The molecular weight excluding hydrogens is 293 g/mol. The number of rotatable bonds is 5. The summed E-state index contributed by atoms with van der Waals surface area (Å²) in [5.41, 5.74) is -1.60. The van der Waals surface area contributed by atoms with Crippen molar-refractivity contribution < 1.29 is 41.8 Å². The summed E-state index contributed by atoms with van der Waals surface area (Å²) in [6.45, 7) is 0. The molecule has 1 atom stereocenters. The molecule has 10 heteroatoms. The molecule has 110 valence electrons. The van der Waals surface area contributed by atoms with Crippen molar-refractivity contribution in [1.29, 1.82) is 0 Å². The van der Waals surface area contributed by atoms with Crippen molar-refractivity contribution >= 4 is 17.6 Å². The van der Waals surface area contributed by atoms with Gasteiger partial charge in [-0.05, 0) is 0 Å². The molecule has 0 fully saturated rings. The van der Waals surface area contributed by atoms with E-state index in [9.17, 15) is 31.5 Å². The molecule has 0 saturated heterocycles. The van der Waals surface area contributed by atoms with Gasteiger partial charge < -0.3 is 15.5 Å². The van der Waals surface area contributed by atoms with Gasteiger partial charge in [-0.15, -0.1) is 0 Å². The van der Waals surface area contributed by atoms with Crippen molar-refractivity contribution in [3.05, 3.63) is 29.1 Å². The van der Waals surface area contributed by atoms with Crippen molar-refractivity contribution in [3.63, 3.8) is 0 Å². The predicted molar refractivity (Wildman–Crippen MR) is 53.5 cm³/mol. The molecule has 0 aliphatic carbocycles. The van der Waals surface area contributed by atoms with Crippen LogP contribution in [0.4, 0.5) is 27.6 Å². The highest BCUT2D eigenvalue weighted by molar-refractivity contribution is 5.83. The molecule has 1 aromatic rings. The highest BCUT2D eigenvalue weighted by atomic mass is 19.2. The van der Waals surface area contributed by atoms with E-state index in [1.165, 1.54) is 5.32 Å². The number of halogens is 5. The largest absolute Gasteiger partial charge is 0.481 e. The third-order valence-corrected chi connectivity index (χ3v) is 2.21. The summed E-state index contributed by atoms with van der Waals surface area (Å²) in [6.07, 6.45) is -1.13. The highest BCUT2D eigenvalue weighted by Crippen LogP contribution is 2.27. The average molecular weight is 299 g/mol. The maximum Gasteiger partial charge on any atom is 0.326 e. The Kier molecular flexibility index (Phi) is 4.48. The van der Waals surface area contributed by atoms with E-state index >= 15 is 0 Å². The molecule has 3 N–H and O–H groups in total.